The Morgan fingerprint density at radius 3 is 1.65 bits per heavy atom. The molecule has 0 bridgehead atoms. The molecule has 0 heterocycles. The number of carbonyl (C=O) groups excluding carboxylic acids is 1. The normalized spacial score (nSPS) is 14.1. The van der Waals surface area contributed by atoms with Crippen molar-refractivity contribution in [2.45, 2.75) is 23.9 Å². The molecule has 0 amide bonds. The van der Waals surface area contributed by atoms with Gasteiger partial charge in [-0.05, 0) is 0 Å². The third kappa shape index (κ3) is 3.33. The van der Waals surface area contributed by atoms with Crippen LogP contribution in [0.5, 0.6) is 0 Å². The standard InChI is InChI=1S/C8H5F9O2S/c1-3(20)4(18)19-2-5(9,10)6(11,12)7(13,14)8(15,16)17/h20H,1-2H2. The van der Waals surface area contributed by atoms with E-state index in [1.165, 1.54) is 0 Å². The highest BCUT2D eigenvalue weighted by Crippen LogP contribution is 2.53. The monoisotopic (exact) mass is 336 g/mol. The maximum atomic E-state index is 12.8. The molecule has 118 valence electrons. The van der Waals surface area contributed by atoms with Gasteiger partial charge in [0.25, 0.3) is 0 Å². The van der Waals surface area contributed by atoms with E-state index in [-0.39, 0.29) is 0 Å². The number of ether oxygens (including phenoxy) is 1. The molecule has 0 aliphatic heterocycles. The Morgan fingerprint density at radius 1 is 0.950 bits per heavy atom. The van der Waals surface area contributed by atoms with Gasteiger partial charge in [-0.15, -0.1) is 12.6 Å². The highest BCUT2D eigenvalue weighted by molar-refractivity contribution is 7.85. The van der Waals surface area contributed by atoms with Crippen LogP contribution in [0.3, 0.4) is 0 Å². The summed E-state index contributed by atoms with van der Waals surface area (Å²) in [4.78, 5) is 9.74. The zero-order chi connectivity index (χ0) is 16.6. The average molecular weight is 336 g/mol. The van der Waals surface area contributed by atoms with Crippen molar-refractivity contribution >= 4 is 18.6 Å². The van der Waals surface area contributed by atoms with Crippen molar-refractivity contribution in [1.29, 1.82) is 0 Å². The minimum atomic E-state index is -7.02. The summed E-state index contributed by atoms with van der Waals surface area (Å²) in [6.07, 6.45) is -6.92. The van der Waals surface area contributed by atoms with Crippen molar-refractivity contribution in [3.63, 3.8) is 0 Å². The molecule has 0 spiro atoms. The van der Waals surface area contributed by atoms with E-state index in [2.05, 4.69) is 23.9 Å². The number of esters is 1. The first-order valence-electron chi connectivity index (χ1n) is 4.33. The van der Waals surface area contributed by atoms with Crippen molar-refractivity contribution in [2.75, 3.05) is 6.61 Å². The van der Waals surface area contributed by atoms with E-state index in [1.54, 1.807) is 0 Å². The Bertz CT molecular complexity index is 401. The van der Waals surface area contributed by atoms with Crippen LogP contribution in [-0.4, -0.2) is 36.5 Å². The minimum absolute atomic E-state index is 0.841. The van der Waals surface area contributed by atoms with Gasteiger partial charge in [0.05, 0.1) is 4.91 Å². The van der Waals surface area contributed by atoms with Gasteiger partial charge in [0.15, 0.2) is 6.61 Å². The summed E-state index contributed by atoms with van der Waals surface area (Å²) in [7, 11) is 0. The second kappa shape index (κ2) is 5.37. The summed E-state index contributed by atoms with van der Waals surface area (Å²) in [6.45, 7) is 0.0307. The van der Waals surface area contributed by atoms with E-state index in [0.717, 1.165) is 0 Å². The van der Waals surface area contributed by atoms with Crippen molar-refractivity contribution < 1.29 is 49.0 Å². The Hall–Kier alpha value is -1.07. The lowest BCUT2D eigenvalue weighted by atomic mass is 10.0. The fraction of sp³-hybridized carbons (Fsp3) is 0.625. The Kier molecular flexibility index (Phi) is 5.08. The van der Waals surface area contributed by atoms with Crippen LogP contribution in [-0.2, 0) is 9.53 Å². The summed E-state index contributed by atoms with van der Waals surface area (Å²) in [5.74, 6) is -21.6. The minimum Gasteiger partial charge on any atom is -0.455 e. The van der Waals surface area contributed by atoms with Gasteiger partial charge in [-0.25, -0.2) is 4.79 Å². The van der Waals surface area contributed by atoms with Crippen LogP contribution in [0.15, 0.2) is 11.5 Å². The molecule has 0 aromatic rings. The van der Waals surface area contributed by atoms with Gasteiger partial charge in [0, 0.05) is 0 Å². The number of halogens is 9. The summed E-state index contributed by atoms with van der Waals surface area (Å²) >= 11 is 3.17. The number of thiol groups is 1. The van der Waals surface area contributed by atoms with E-state index in [9.17, 15) is 44.3 Å². The van der Waals surface area contributed by atoms with E-state index in [1.807, 2.05) is 0 Å². The first kappa shape index (κ1) is 18.9. The lowest BCUT2D eigenvalue weighted by Gasteiger charge is -2.33. The molecular formula is C8H5F9O2S. The van der Waals surface area contributed by atoms with Crippen molar-refractivity contribution in [3.05, 3.63) is 11.5 Å². The maximum Gasteiger partial charge on any atom is 0.460 e. The van der Waals surface area contributed by atoms with Gasteiger partial charge in [0.1, 0.15) is 0 Å². The third-order valence-corrected chi connectivity index (χ3v) is 2.01. The molecule has 0 atom stereocenters. The number of carbonyl (C=O) groups is 1. The maximum absolute atomic E-state index is 12.8. The molecule has 0 saturated heterocycles. The van der Waals surface area contributed by atoms with E-state index in [0.29, 0.717) is 0 Å². The zero-order valence-electron chi connectivity index (χ0n) is 9.08. The van der Waals surface area contributed by atoms with Crippen molar-refractivity contribution in [2.24, 2.45) is 0 Å². The molecule has 0 fully saturated rings. The van der Waals surface area contributed by atoms with E-state index < -0.39 is 41.4 Å². The molecule has 0 saturated carbocycles. The highest BCUT2D eigenvalue weighted by atomic mass is 32.1. The smallest absolute Gasteiger partial charge is 0.455 e. The summed E-state index contributed by atoms with van der Waals surface area (Å²) in [6, 6.07) is 0. The molecule has 0 aromatic carbocycles. The number of alkyl halides is 9. The topological polar surface area (TPSA) is 26.3 Å². The number of hydrogen-bond donors (Lipinski definition) is 1. The van der Waals surface area contributed by atoms with Crippen molar-refractivity contribution in [3.8, 4) is 0 Å². The van der Waals surface area contributed by atoms with Crippen LogP contribution < -0.4 is 0 Å². The Labute approximate surface area is 111 Å². The molecule has 0 unspecified atom stereocenters. The second-order valence-corrected chi connectivity index (χ2v) is 3.91. The largest absolute Gasteiger partial charge is 0.460 e. The molecule has 0 N–H and O–H groups in total. The van der Waals surface area contributed by atoms with Gasteiger partial charge < -0.3 is 4.74 Å². The number of hydrogen-bond acceptors (Lipinski definition) is 3. The Morgan fingerprint density at radius 2 is 1.35 bits per heavy atom. The summed E-state index contributed by atoms with van der Waals surface area (Å²) in [5, 5.41) is 0. The predicted octanol–water partition coefficient (Wildman–Crippen LogP) is 3.44. The molecule has 0 aliphatic carbocycles. The van der Waals surface area contributed by atoms with Crippen LogP contribution >= 0.6 is 12.6 Å². The van der Waals surface area contributed by atoms with Crippen LogP contribution in [0, 0.1) is 0 Å². The highest BCUT2D eigenvalue weighted by Gasteiger charge is 2.81. The molecule has 0 aliphatic rings. The van der Waals surface area contributed by atoms with Gasteiger partial charge >= 0.3 is 29.9 Å². The Balaban J connectivity index is 5.27. The molecule has 0 aromatic heterocycles. The summed E-state index contributed by atoms with van der Waals surface area (Å²) in [5.41, 5.74) is 0. The van der Waals surface area contributed by atoms with Gasteiger partial charge in [-0.2, -0.15) is 39.5 Å². The molecule has 20 heavy (non-hydrogen) atoms. The SMILES string of the molecule is C=C(S)C(=O)OCC(F)(F)C(F)(F)C(F)(F)C(F)(F)F. The van der Waals surface area contributed by atoms with Crippen molar-refractivity contribution in [1.82, 2.24) is 0 Å². The summed E-state index contributed by atoms with van der Waals surface area (Å²) < 4.78 is 114. The van der Waals surface area contributed by atoms with Gasteiger partial charge in [0.2, 0.25) is 0 Å². The lowest BCUT2D eigenvalue weighted by Crippen LogP contribution is -2.62. The lowest BCUT2D eigenvalue weighted by molar-refractivity contribution is -0.398. The van der Waals surface area contributed by atoms with Crippen LogP contribution in [0.1, 0.15) is 0 Å². The fourth-order valence-corrected chi connectivity index (χ4v) is 0.802. The number of rotatable bonds is 5. The molecule has 0 rings (SSSR count). The molecular weight excluding hydrogens is 331 g/mol. The van der Waals surface area contributed by atoms with E-state index in [4.69, 9.17) is 0 Å². The molecule has 0 radical (unpaired) electrons. The third-order valence-electron chi connectivity index (χ3n) is 1.83. The average Bonchev–Trinajstić information content (AvgIpc) is 2.23. The van der Waals surface area contributed by atoms with Gasteiger partial charge in [-0.3, -0.25) is 0 Å². The quantitative estimate of drug-likeness (QED) is 0.360. The predicted molar refractivity (Wildman–Crippen MR) is 50.0 cm³/mol. The molecule has 2 nitrogen and oxygen atoms in total. The van der Waals surface area contributed by atoms with Crippen LogP contribution in [0.4, 0.5) is 39.5 Å². The second-order valence-electron chi connectivity index (χ2n) is 3.37. The van der Waals surface area contributed by atoms with E-state index >= 15 is 0 Å². The van der Waals surface area contributed by atoms with Gasteiger partial charge in [-0.1, -0.05) is 6.58 Å². The molecule has 12 heteroatoms. The fourth-order valence-electron chi connectivity index (χ4n) is 0.738. The first-order valence-corrected chi connectivity index (χ1v) is 4.78. The van der Waals surface area contributed by atoms with Crippen LogP contribution in [0.25, 0.3) is 0 Å². The first-order chi connectivity index (χ1) is 8.58. The van der Waals surface area contributed by atoms with Crippen LogP contribution in [0.2, 0.25) is 0 Å². The zero-order valence-corrected chi connectivity index (χ0v) is 9.97.